The van der Waals surface area contributed by atoms with E-state index in [1.54, 1.807) is 17.0 Å². The van der Waals surface area contributed by atoms with Crippen LogP contribution in [-0.4, -0.2) is 44.5 Å². The molecule has 0 radical (unpaired) electrons. The number of carbonyl (C=O) groups excluding carboxylic acids is 1. The Morgan fingerprint density at radius 2 is 2.00 bits per heavy atom. The summed E-state index contributed by atoms with van der Waals surface area (Å²) in [5.74, 6) is -6.20. The molecule has 1 N–H and O–H groups in total. The Labute approximate surface area is 155 Å². The van der Waals surface area contributed by atoms with Gasteiger partial charge < -0.3 is 9.67 Å². The predicted molar refractivity (Wildman–Crippen MR) is 86.0 cm³/mol. The van der Waals surface area contributed by atoms with Gasteiger partial charge in [0, 0.05) is 12.4 Å². The molecule has 0 bridgehead atoms. The largest absolute Gasteiger partial charge is 0.481 e. The van der Waals surface area contributed by atoms with Crippen LogP contribution in [-0.2, 0) is 9.59 Å². The van der Waals surface area contributed by atoms with Gasteiger partial charge in [0.05, 0.1) is 17.6 Å². The van der Waals surface area contributed by atoms with E-state index in [0.29, 0.717) is 12.5 Å². The molecule has 2 heterocycles. The lowest BCUT2D eigenvalue weighted by atomic mass is 9.93. The zero-order valence-electron chi connectivity index (χ0n) is 14.0. The molecule has 0 fully saturated rings. The smallest absolute Gasteiger partial charge is 0.418 e. The second-order valence-corrected chi connectivity index (χ2v) is 6.08. The van der Waals surface area contributed by atoms with E-state index in [-0.39, 0.29) is 18.7 Å². The Morgan fingerprint density at radius 1 is 1.25 bits per heavy atom. The lowest BCUT2D eigenvalue weighted by Crippen LogP contribution is -2.30. The summed E-state index contributed by atoms with van der Waals surface area (Å²) in [4.78, 5) is 30.9. The highest BCUT2D eigenvalue weighted by Crippen LogP contribution is 2.36. The highest BCUT2D eigenvalue weighted by atomic mass is 19.4. The number of aliphatic imine (C=N–C) groups is 1. The van der Waals surface area contributed by atoms with Crippen molar-refractivity contribution in [2.24, 2.45) is 21.1 Å². The number of imidazole rings is 1. The van der Waals surface area contributed by atoms with E-state index >= 15 is 0 Å². The van der Waals surface area contributed by atoms with Crippen molar-refractivity contribution in [3.05, 3.63) is 42.3 Å². The van der Waals surface area contributed by atoms with Crippen molar-refractivity contribution >= 4 is 17.6 Å². The summed E-state index contributed by atoms with van der Waals surface area (Å²) in [5, 5.41) is 16.9. The zero-order valence-corrected chi connectivity index (χ0v) is 14.0. The number of aliphatic carboxylic acids is 1. The van der Waals surface area contributed by atoms with Gasteiger partial charge in [-0.05, 0) is 25.0 Å². The molecular weight excluding hydrogens is 386 g/mol. The molecule has 12 heteroatoms. The van der Waals surface area contributed by atoms with Gasteiger partial charge >= 0.3 is 12.1 Å². The number of halogens is 4. The minimum atomic E-state index is -5.07. The third-order valence-electron chi connectivity index (χ3n) is 4.19. The Hall–Kier alpha value is -3.18. The lowest BCUT2D eigenvalue weighted by Gasteiger charge is -2.21. The van der Waals surface area contributed by atoms with E-state index in [1.165, 1.54) is 6.33 Å². The summed E-state index contributed by atoms with van der Waals surface area (Å²) in [7, 11) is 0. The third kappa shape index (κ3) is 4.05. The molecule has 3 atom stereocenters. The summed E-state index contributed by atoms with van der Waals surface area (Å²) in [6.07, 6.45) is 0.501. The van der Waals surface area contributed by atoms with E-state index in [2.05, 4.69) is 20.2 Å². The van der Waals surface area contributed by atoms with Crippen molar-refractivity contribution in [3.63, 3.8) is 0 Å². The van der Waals surface area contributed by atoms with Gasteiger partial charge in [-0.3, -0.25) is 9.59 Å². The molecule has 8 nitrogen and oxygen atoms in total. The molecule has 1 aliphatic heterocycles. The second kappa shape index (κ2) is 7.44. The van der Waals surface area contributed by atoms with E-state index in [1.807, 2.05) is 0 Å². The van der Waals surface area contributed by atoms with Crippen LogP contribution in [0.15, 0.2) is 57.5 Å². The lowest BCUT2D eigenvalue weighted by molar-refractivity contribution is -0.138. The number of hydrogen-bond acceptors (Lipinski definition) is 5. The van der Waals surface area contributed by atoms with Crippen LogP contribution in [0.5, 0.6) is 0 Å². The molecule has 0 spiro atoms. The molecule has 0 saturated heterocycles. The minimum Gasteiger partial charge on any atom is -0.481 e. The topological polar surface area (TPSA) is 109 Å². The summed E-state index contributed by atoms with van der Waals surface area (Å²) in [6.45, 7) is 0. The van der Waals surface area contributed by atoms with Gasteiger partial charge in [-0.25, -0.2) is 14.4 Å². The third-order valence-corrected chi connectivity index (χ3v) is 4.19. The van der Waals surface area contributed by atoms with Crippen LogP contribution in [0.3, 0.4) is 0 Å². The number of azo groups is 1. The number of hydrogen-bond donors (Lipinski definition) is 1. The minimum absolute atomic E-state index is 0.196. The molecule has 0 aromatic carbocycles. The average molecular weight is 399 g/mol. The first kappa shape index (κ1) is 19.6. The fourth-order valence-corrected chi connectivity index (χ4v) is 2.77. The summed E-state index contributed by atoms with van der Waals surface area (Å²) >= 11 is 0. The van der Waals surface area contributed by atoms with Crippen molar-refractivity contribution < 1.29 is 32.3 Å². The van der Waals surface area contributed by atoms with Gasteiger partial charge in [-0.15, -0.1) is 0 Å². The Kier molecular flexibility index (Phi) is 5.21. The first-order valence-corrected chi connectivity index (χ1v) is 8.06. The van der Waals surface area contributed by atoms with Gasteiger partial charge in [0.25, 0.3) is 5.91 Å². The number of rotatable bonds is 3. The normalized spacial score (nSPS) is 26.7. The van der Waals surface area contributed by atoms with Crippen molar-refractivity contribution in [1.29, 1.82) is 0 Å². The number of carboxylic acid groups (broad SMARTS) is 1. The Balaban J connectivity index is 1.80. The fourth-order valence-electron chi connectivity index (χ4n) is 2.77. The zero-order chi connectivity index (χ0) is 20.5. The number of nitrogens with zero attached hydrogens (tertiary/aromatic N) is 5. The fraction of sp³-hybridized carbons (Fsp3) is 0.375. The van der Waals surface area contributed by atoms with Crippen molar-refractivity contribution in [1.82, 2.24) is 9.55 Å². The van der Waals surface area contributed by atoms with Crippen LogP contribution in [0.25, 0.3) is 0 Å². The molecule has 0 saturated carbocycles. The maximum absolute atomic E-state index is 13.8. The maximum Gasteiger partial charge on any atom is 0.418 e. The van der Waals surface area contributed by atoms with Crippen molar-refractivity contribution in [2.45, 2.75) is 31.2 Å². The average Bonchev–Trinajstić information content (AvgIpc) is 3.15. The molecule has 1 amide bonds. The van der Waals surface area contributed by atoms with Crippen LogP contribution < -0.4 is 0 Å². The summed E-state index contributed by atoms with van der Waals surface area (Å²) in [5.41, 5.74) is -2.35. The molecule has 2 aliphatic rings. The maximum atomic E-state index is 13.8. The van der Waals surface area contributed by atoms with Crippen molar-refractivity contribution in [3.8, 4) is 0 Å². The Morgan fingerprint density at radius 3 is 2.54 bits per heavy atom. The SMILES string of the molecule is O=C(N=C1C=C(F)C(C(F)(F)F)=CC1C(=O)O)C1CCC(n2ccnc2)N=N1. The Bertz CT molecular complexity index is 902. The molecule has 1 aromatic heterocycles. The molecule has 148 valence electrons. The number of allylic oxidation sites excluding steroid dienone is 3. The van der Waals surface area contributed by atoms with Gasteiger partial charge in [-0.2, -0.15) is 23.4 Å². The van der Waals surface area contributed by atoms with Gasteiger partial charge in [-0.1, -0.05) is 0 Å². The molecule has 28 heavy (non-hydrogen) atoms. The summed E-state index contributed by atoms with van der Waals surface area (Å²) in [6, 6.07) is -1.02. The highest BCUT2D eigenvalue weighted by molar-refractivity contribution is 6.15. The molecule has 1 aliphatic carbocycles. The molecule has 3 rings (SSSR count). The van der Waals surface area contributed by atoms with Gasteiger partial charge in [0.1, 0.15) is 17.9 Å². The number of amides is 1. The molecule has 1 aromatic rings. The van der Waals surface area contributed by atoms with E-state index < -0.39 is 47.1 Å². The van der Waals surface area contributed by atoms with Crippen molar-refractivity contribution in [2.75, 3.05) is 0 Å². The van der Waals surface area contributed by atoms with E-state index in [0.717, 1.165) is 0 Å². The second-order valence-electron chi connectivity index (χ2n) is 6.08. The van der Waals surface area contributed by atoms with Crippen LogP contribution in [0.4, 0.5) is 17.6 Å². The van der Waals surface area contributed by atoms with Crippen LogP contribution in [0.2, 0.25) is 0 Å². The van der Waals surface area contributed by atoms with E-state index in [9.17, 15) is 27.2 Å². The predicted octanol–water partition coefficient (Wildman–Crippen LogP) is 3.02. The first-order chi connectivity index (χ1) is 13.2. The van der Waals surface area contributed by atoms with Crippen LogP contribution >= 0.6 is 0 Å². The number of carboxylic acids is 1. The quantitative estimate of drug-likeness (QED) is 0.788. The van der Waals surface area contributed by atoms with Gasteiger partial charge in [0.2, 0.25) is 0 Å². The molecule has 3 unspecified atom stereocenters. The van der Waals surface area contributed by atoms with Crippen LogP contribution in [0.1, 0.15) is 19.0 Å². The van der Waals surface area contributed by atoms with Gasteiger partial charge in [0.15, 0.2) is 6.04 Å². The highest BCUT2D eigenvalue weighted by Gasteiger charge is 2.41. The standard InChI is InChI=1S/C16H13F4N5O3/c17-10-6-12(8(15(27)28)5-9(10)16(18,19)20)22-14(26)11-1-2-13(24-23-11)25-4-3-21-7-25/h3-8,11,13H,1-2H2,(H,27,28). The molecular formula is C16H13F4N5O3. The van der Waals surface area contributed by atoms with Crippen LogP contribution in [0, 0.1) is 5.92 Å². The number of carbonyl (C=O) groups is 2. The summed E-state index contributed by atoms with van der Waals surface area (Å²) < 4.78 is 53.8. The monoisotopic (exact) mass is 399 g/mol. The van der Waals surface area contributed by atoms with E-state index in [4.69, 9.17) is 5.11 Å². The number of aromatic nitrogens is 2. The number of alkyl halides is 3. The first-order valence-electron chi connectivity index (χ1n) is 8.06.